The summed E-state index contributed by atoms with van der Waals surface area (Å²) in [5.41, 5.74) is 2.41. The molecule has 0 saturated carbocycles. The zero-order valence-corrected chi connectivity index (χ0v) is 17.8. The first-order valence-corrected chi connectivity index (χ1v) is 11.0. The molecule has 160 valence electrons. The van der Waals surface area contributed by atoms with Crippen molar-refractivity contribution in [2.24, 2.45) is 0 Å². The molecular weight excluding hydrogens is 426 g/mol. The van der Waals surface area contributed by atoms with Crippen LogP contribution in [0, 0.1) is 0 Å². The van der Waals surface area contributed by atoms with Crippen molar-refractivity contribution in [2.45, 2.75) is 5.16 Å². The van der Waals surface area contributed by atoms with Crippen molar-refractivity contribution in [3.63, 3.8) is 0 Å². The van der Waals surface area contributed by atoms with Crippen molar-refractivity contribution in [1.82, 2.24) is 19.7 Å². The summed E-state index contributed by atoms with van der Waals surface area (Å²) in [5, 5.41) is 12.2. The minimum atomic E-state index is -0.155. The fourth-order valence-electron chi connectivity index (χ4n) is 3.30. The van der Waals surface area contributed by atoms with Crippen LogP contribution < -0.4 is 14.8 Å². The summed E-state index contributed by atoms with van der Waals surface area (Å²) in [4.78, 5) is 16.8. The number of fused-ring (bicyclic) bond motifs is 1. The van der Waals surface area contributed by atoms with Crippen molar-refractivity contribution in [3.05, 3.63) is 73.1 Å². The summed E-state index contributed by atoms with van der Waals surface area (Å²) < 4.78 is 13.0. The number of benzene rings is 2. The average Bonchev–Trinajstić information content (AvgIpc) is 3.28. The minimum absolute atomic E-state index is 0.155. The van der Waals surface area contributed by atoms with Gasteiger partial charge in [0.1, 0.15) is 13.2 Å². The van der Waals surface area contributed by atoms with Crippen LogP contribution in [0.1, 0.15) is 0 Å². The molecule has 0 atom stereocenters. The monoisotopic (exact) mass is 445 g/mol. The van der Waals surface area contributed by atoms with E-state index in [0.29, 0.717) is 41.4 Å². The lowest BCUT2D eigenvalue weighted by Crippen LogP contribution is -2.17. The molecule has 0 radical (unpaired) electrons. The Morgan fingerprint density at radius 1 is 1.00 bits per heavy atom. The van der Waals surface area contributed by atoms with Crippen LogP contribution in [0.2, 0.25) is 0 Å². The van der Waals surface area contributed by atoms with Gasteiger partial charge in [0.15, 0.2) is 22.5 Å². The third kappa shape index (κ3) is 4.28. The number of hydrogen-bond donors (Lipinski definition) is 1. The van der Waals surface area contributed by atoms with E-state index in [-0.39, 0.29) is 11.7 Å². The number of ether oxygens (including phenoxy) is 2. The highest BCUT2D eigenvalue weighted by molar-refractivity contribution is 7.99. The number of pyridine rings is 1. The Bertz CT molecular complexity index is 1230. The van der Waals surface area contributed by atoms with E-state index < -0.39 is 0 Å². The van der Waals surface area contributed by atoms with Gasteiger partial charge in [0.2, 0.25) is 5.91 Å². The molecule has 0 saturated heterocycles. The molecular formula is C23H19N5O3S. The highest BCUT2D eigenvalue weighted by atomic mass is 32.2. The Morgan fingerprint density at radius 3 is 2.66 bits per heavy atom. The van der Waals surface area contributed by atoms with Crippen LogP contribution in [0.15, 0.2) is 78.2 Å². The predicted molar refractivity (Wildman–Crippen MR) is 121 cm³/mol. The second kappa shape index (κ2) is 9.11. The molecule has 0 unspecified atom stereocenters. The summed E-state index contributed by atoms with van der Waals surface area (Å²) >= 11 is 1.31. The van der Waals surface area contributed by atoms with Gasteiger partial charge in [0.05, 0.1) is 5.75 Å². The Balaban J connectivity index is 1.34. The van der Waals surface area contributed by atoms with Gasteiger partial charge in [-0.05, 0) is 36.4 Å². The van der Waals surface area contributed by atoms with Crippen molar-refractivity contribution in [1.29, 1.82) is 0 Å². The van der Waals surface area contributed by atoms with Crippen LogP contribution in [0.4, 0.5) is 5.69 Å². The molecule has 2 aromatic heterocycles. The topological polar surface area (TPSA) is 91.2 Å². The van der Waals surface area contributed by atoms with E-state index in [1.807, 2.05) is 47.0 Å². The zero-order chi connectivity index (χ0) is 21.8. The van der Waals surface area contributed by atoms with E-state index in [9.17, 15) is 4.79 Å². The average molecular weight is 446 g/mol. The Kier molecular flexibility index (Phi) is 5.71. The predicted octanol–water partition coefficient (Wildman–Crippen LogP) is 3.83. The van der Waals surface area contributed by atoms with E-state index in [4.69, 9.17) is 9.47 Å². The molecule has 0 aliphatic carbocycles. The molecule has 1 N–H and O–H groups in total. The molecule has 0 fully saturated rings. The molecule has 0 spiro atoms. The van der Waals surface area contributed by atoms with Crippen molar-refractivity contribution in [2.75, 3.05) is 24.3 Å². The van der Waals surface area contributed by atoms with Gasteiger partial charge in [-0.3, -0.25) is 14.3 Å². The Morgan fingerprint density at radius 2 is 1.84 bits per heavy atom. The molecule has 1 amide bonds. The van der Waals surface area contributed by atoms with Crippen LogP contribution in [0.5, 0.6) is 11.5 Å². The fraction of sp³-hybridized carbons (Fsp3) is 0.130. The van der Waals surface area contributed by atoms with Gasteiger partial charge >= 0.3 is 0 Å². The molecule has 1 aliphatic heterocycles. The summed E-state index contributed by atoms with van der Waals surface area (Å²) in [6, 6.07) is 18.9. The van der Waals surface area contributed by atoms with E-state index in [2.05, 4.69) is 20.5 Å². The molecule has 4 aromatic rings. The Labute approximate surface area is 188 Å². The molecule has 8 nitrogen and oxygen atoms in total. The number of carbonyl (C=O) groups is 1. The molecule has 5 rings (SSSR count). The smallest absolute Gasteiger partial charge is 0.234 e. The maximum absolute atomic E-state index is 12.6. The van der Waals surface area contributed by atoms with Crippen LogP contribution in [0.3, 0.4) is 0 Å². The standard InChI is InChI=1S/C23H19N5O3S/c29-21(25-17-8-9-19-20(13-17)31-12-11-30-19)15-32-23-27-26-22(16-5-4-10-24-14-16)28(23)18-6-2-1-3-7-18/h1-10,13-14H,11-12,15H2,(H,25,29). The number of thioether (sulfide) groups is 1. The molecule has 1 aliphatic rings. The zero-order valence-electron chi connectivity index (χ0n) is 17.0. The summed E-state index contributed by atoms with van der Waals surface area (Å²) in [6.45, 7) is 1.02. The highest BCUT2D eigenvalue weighted by Crippen LogP contribution is 2.33. The summed E-state index contributed by atoms with van der Waals surface area (Å²) in [6.07, 6.45) is 3.46. The first kappa shape index (κ1) is 20.1. The normalized spacial score (nSPS) is 12.4. The van der Waals surface area contributed by atoms with Gasteiger partial charge in [-0.1, -0.05) is 30.0 Å². The third-order valence-electron chi connectivity index (χ3n) is 4.73. The fourth-order valence-corrected chi connectivity index (χ4v) is 4.06. The molecule has 3 heterocycles. The largest absolute Gasteiger partial charge is 0.486 e. The lowest BCUT2D eigenvalue weighted by molar-refractivity contribution is -0.113. The first-order valence-electron chi connectivity index (χ1n) is 10.0. The number of aromatic nitrogens is 4. The van der Waals surface area contributed by atoms with Crippen LogP contribution >= 0.6 is 11.8 Å². The van der Waals surface area contributed by atoms with Crippen LogP contribution in [-0.4, -0.2) is 44.6 Å². The summed E-state index contributed by atoms with van der Waals surface area (Å²) in [5.74, 6) is 2.00. The van der Waals surface area contributed by atoms with E-state index in [0.717, 1.165) is 11.3 Å². The lowest BCUT2D eigenvalue weighted by Gasteiger charge is -2.19. The number of anilines is 1. The van der Waals surface area contributed by atoms with Crippen LogP contribution in [-0.2, 0) is 4.79 Å². The van der Waals surface area contributed by atoms with Crippen molar-refractivity contribution >= 4 is 23.4 Å². The van der Waals surface area contributed by atoms with Gasteiger partial charge in [0, 0.05) is 35.4 Å². The molecule has 9 heteroatoms. The highest BCUT2D eigenvalue weighted by Gasteiger charge is 2.18. The number of hydrogen-bond acceptors (Lipinski definition) is 7. The number of nitrogens with one attached hydrogen (secondary N) is 1. The van der Waals surface area contributed by atoms with E-state index >= 15 is 0 Å². The van der Waals surface area contributed by atoms with E-state index in [1.54, 1.807) is 30.6 Å². The number of rotatable bonds is 6. The number of nitrogens with zero attached hydrogens (tertiary/aromatic N) is 4. The van der Waals surface area contributed by atoms with Gasteiger partial charge in [-0.2, -0.15) is 0 Å². The quantitative estimate of drug-likeness (QED) is 0.451. The lowest BCUT2D eigenvalue weighted by atomic mass is 10.2. The maximum atomic E-state index is 12.6. The molecule has 32 heavy (non-hydrogen) atoms. The van der Waals surface area contributed by atoms with Crippen molar-refractivity contribution in [3.8, 4) is 28.6 Å². The summed E-state index contributed by atoms with van der Waals surface area (Å²) in [7, 11) is 0. The van der Waals surface area contributed by atoms with Gasteiger partial charge < -0.3 is 14.8 Å². The van der Waals surface area contributed by atoms with E-state index in [1.165, 1.54) is 11.8 Å². The molecule has 2 aromatic carbocycles. The molecule has 0 bridgehead atoms. The third-order valence-corrected chi connectivity index (χ3v) is 5.65. The minimum Gasteiger partial charge on any atom is -0.486 e. The Hall–Kier alpha value is -3.85. The number of amides is 1. The second-order valence-corrected chi connectivity index (χ2v) is 7.86. The number of para-hydroxylation sites is 1. The SMILES string of the molecule is O=C(CSc1nnc(-c2cccnc2)n1-c1ccccc1)Nc1ccc2c(c1)OCCO2. The van der Waals surface area contributed by atoms with Gasteiger partial charge in [-0.15, -0.1) is 10.2 Å². The van der Waals surface area contributed by atoms with Gasteiger partial charge in [-0.25, -0.2) is 0 Å². The number of carbonyl (C=O) groups excluding carboxylic acids is 1. The van der Waals surface area contributed by atoms with Crippen molar-refractivity contribution < 1.29 is 14.3 Å². The first-order chi connectivity index (χ1) is 15.8. The van der Waals surface area contributed by atoms with Crippen LogP contribution in [0.25, 0.3) is 17.1 Å². The second-order valence-electron chi connectivity index (χ2n) is 6.91. The van der Waals surface area contributed by atoms with Gasteiger partial charge in [0.25, 0.3) is 0 Å². The maximum Gasteiger partial charge on any atom is 0.234 e.